The lowest BCUT2D eigenvalue weighted by Gasteiger charge is -2.41. The summed E-state index contributed by atoms with van der Waals surface area (Å²) in [5, 5.41) is 8.10. The lowest BCUT2D eigenvalue weighted by Crippen LogP contribution is -2.42. The summed E-state index contributed by atoms with van der Waals surface area (Å²) in [5.41, 5.74) is 5.83. The van der Waals surface area contributed by atoms with Crippen LogP contribution in [0.25, 0.3) is 0 Å². The van der Waals surface area contributed by atoms with E-state index in [1.807, 2.05) is 36.4 Å². The molecule has 2 aliphatic rings. The van der Waals surface area contributed by atoms with E-state index in [0.29, 0.717) is 11.5 Å². The number of benzene rings is 1. The van der Waals surface area contributed by atoms with Crippen LogP contribution in [-0.4, -0.2) is 27.9 Å². The number of hydrogen-bond donors (Lipinski definition) is 1. The van der Waals surface area contributed by atoms with Crippen molar-refractivity contribution in [3.63, 3.8) is 0 Å². The second kappa shape index (κ2) is 7.06. The number of nitrogens with zero attached hydrogens (tertiary/aromatic N) is 4. The van der Waals surface area contributed by atoms with Crippen LogP contribution in [0.4, 0.5) is 5.69 Å². The Labute approximate surface area is 166 Å². The largest absolute Gasteiger partial charge is 0.370 e. The minimum atomic E-state index is 0.294. The Morgan fingerprint density at radius 1 is 1.11 bits per heavy atom. The molecule has 0 unspecified atom stereocenters. The van der Waals surface area contributed by atoms with Crippen molar-refractivity contribution >= 4 is 5.69 Å². The standard InChI is InChI=1S/C23H27N5/c1-27-17-18(15-26-27)14-25-22-13-23(21-7-3-2-6-20(21)22)8-11-28(12-9-23)19-5-4-10-24-16-19/h2-7,10,15-17,22,25H,8-9,11-14H2,1H3/t22-/m0/s1. The van der Waals surface area contributed by atoms with Gasteiger partial charge in [-0.05, 0) is 42.5 Å². The third-order valence-corrected chi connectivity index (χ3v) is 6.54. The molecule has 3 aromatic rings. The first-order valence-electron chi connectivity index (χ1n) is 10.2. The van der Waals surface area contributed by atoms with Crippen molar-refractivity contribution in [2.45, 2.75) is 37.3 Å². The smallest absolute Gasteiger partial charge is 0.0552 e. The summed E-state index contributed by atoms with van der Waals surface area (Å²) < 4.78 is 1.87. The van der Waals surface area contributed by atoms with E-state index in [1.54, 1.807) is 5.56 Å². The molecule has 0 radical (unpaired) electrons. The highest BCUT2D eigenvalue weighted by Gasteiger charge is 2.45. The van der Waals surface area contributed by atoms with Crippen LogP contribution in [0.3, 0.4) is 0 Å². The number of rotatable bonds is 4. The summed E-state index contributed by atoms with van der Waals surface area (Å²) >= 11 is 0. The SMILES string of the molecule is Cn1cc(CN[C@H]2CC3(CCN(c4cccnc4)CC3)c3ccccc32)cn1. The Morgan fingerprint density at radius 2 is 1.96 bits per heavy atom. The summed E-state index contributed by atoms with van der Waals surface area (Å²) in [5.74, 6) is 0. The fourth-order valence-electron chi connectivity index (χ4n) is 5.09. The highest BCUT2D eigenvalue weighted by molar-refractivity contribution is 5.48. The van der Waals surface area contributed by atoms with E-state index >= 15 is 0 Å². The molecule has 5 rings (SSSR count). The van der Waals surface area contributed by atoms with Gasteiger partial charge in [-0.2, -0.15) is 5.10 Å². The van der Waals surface area contributed by atoms with E-state index in [2.05, 4.69) is 56.8 Å². The summed E-state index contributed by atoms with van der Waals surface area (Å²) in [6.07, 6.45) is 11.5. The molecule has 1 atom stereocenters. The zero-order chi connectivity index (χ0) is 19.0. The van der Waals surface area contributed by atoms with Gasteiger partial charge in [0.2, 0.25) is 0 Å². The molecule has 1 aromatic carbocycles. The van der Waals surface area contributed by atoms with Gasteiger partial charge in [-0.25, -0.2) is 0 Å². The average Bonchev–Trinajstić information content (AvgIpc) is 3.29. The number of piperidine rings is 1. The summed E-state index contributed by atoms with van der Waals surface area (Å²) in [6, 6.07) is 13.7. The van der Waals surface area contributed by atoms with E-state index in [1.165, 1.54) is 36.1 Å². The Morgan fingerprint density at radius 3 is 2.71 bits per heavy atom. The van der Waals surface area contributed by atoms with Crippen LogP contribution in [0, 0.1) is 0 Å². The van der Waals surface area contributed by atoms with Gasteiger partial charge in [0.1, 0.15) is 0 Å². The molecule has 0 saturated carbocycles. The summed E-state index contributed by atoms with van der Waals surface area (Å²) in [7, 11) is 1.97. The van der Waals surface area contributed by atoms with E-state index in [0.717, 1.165) is 19.6 Å². The lowest BCUT2D eigenvalue weighted by molar-refractivity contribution is 0.301. The molecule has 2 aromatic heterocycles. The van der Waals surface area contributed by atoms with Crippen LogP contribution in [-0.2, 0) is 19.0 Å². The van der Waals surface area contributed by atoms with Crippen molar-refractivity contribution in [1.82, 2.24) is 20.1 Å². The number of anilines is 1. The second-order valence-electron chi connectivity index (χ2n) is 8.23. The summed E-state index contributed by atoms with van der Waals surface area (Å²) in [6.45, 7) is 3.05. The van der Waals surface area contributed by atoms with Crippen LogP contribution in [0.5, 0.6) is 0 Å². The molecule has 1 aliphatic heterocycles. The van der Waals surface area contributed by atoms with Gasteiger partial charge in [-0.3, -0.25) is 9.67 Å². The van der Waals surface area contributed by atoms with E-state index in [-0.39, 0.29) is 0 Å². The van der Waals surface area contributed by atoms with Crippen LogP contribution in [0.1, 0.15) is 42.0 Å². The van der Waals surface area contributed by atoms with Gasteiger partial charge in [0.15, 0.2) is 0 Å². The molecular weight excluding hydrogens is 346 g/mol. The Kier molecular flexibility index (Phi) is 4.40. The maximum absolute atomic E-state index is 4.29. The maximum atomic E-state index is 4.29. The van der Waals surface area contributed by atoms with Crippen LogP contribution < -0.4 is 10.2 Å². The van der Waals surface area contributed by atoms with Crippen molar-refractivity contribution in [2.24, 2.45) is 7.05 Å². The van der Waals surface area contributed by atoms with Gasteiger partial charge in [-0.1, -0.05) is 24.3 Å². The van der Waals surface area contributed by atoms with Crippen molar-refractivity contribution in [1.29, 1.82) is 0 Å². The Balaban J connectivity index is 1.33. The first-order valence-corrected chi connectivity index (χ1v) is 10.2. The molecule has 1 spiro atoms. The average molecular weight is 374 g/mol. The van der Waals surface area contributed by atoms with Gasteiger partial charge in [-0.15, -0.1) is 0 Å². The normalized spacial score (nSPS) is 20.5. The topological polar surface area (TPSA) is 46.0 Å². The molecule has 0 bridgehead atoms. The number of nitrogens with one attached hydrogen (secondary N) is 1. The van der Waals surface area contributed by atoms with Crippen molar-refractivity contribution in [3.8, 4) is 0 Å². The number of aryl methyl sites for hydroxylation is 1. The van der Waals surface area contributed by atoms with Gasteiger partial charge < -0.3 is 10.2 Å². The zero-order valence-electron chi connectivity index (χ0n) is 16.4. The quantitative estimate of drug-likeness (QED) is 0.759. The minimum absolute atomic E-state index is 0.294. The van der Waals surface area contributed by atoms with E-state index < -0.39 is 0 Å². The number of fused-ring (bicyclic) bond motifs is 2. The summed E-state index contributed by atoms with van der Waals surface area (Å²) in [4.78, 5) is 6.78. The van der Waals surface area contributed by atoms with Crippen molar-refractivity contribution < 1.29 is 0 Å². The molecule has 28 heavy (non-hydrogen) atoms. The van der Waals surface area contributed by atoms with Crippen molar-refractivity contribution in [3.05, 3.63) is 77.9 Å². The van der Waals surface area contributed by atoms with Gasteiger partial charge in [0, 0.05) is 56.1 Å². The lowest BCUT2D eigenvalue weighted by atomic mass is 9.73. The third kappa shape index (κ3) is 3.10. The maximum Gasteiger partial charge on any atom is 0.0552 e. The van der Waals surface area contributed by atoms with Crippen LogP contribution in [0.15, 0.2) is 61.2 Å². The van der Waals surface area contributed by atoms with Crippen LogP contribution in [0.2, 0.25) is 0 Å². The molecule has 1 fully saturated rings. The first kappa shape index (κ1) is 17.4. The molecular formula is C23H27N5. The van der Waals surface area contributed by atoms with Crippen LogP contribution >= 0.6 is 0 Å². The molecule has 5 nitrogen and oxygen atoms in total. The first-order chi connectivity index (χ1) is 13.7. The predicted molar refractivity (Wildman–Crippen MR) is 111 cm³/mol. The molecule has 0 amide bonds. The number of pyridine rings is 1. The molecule has 5 heteroatoms. The highest BCUT2D eigenvalue weighted by Crippen LogP contribution is 2.51. The van der Waals surface area contributed by atoms with Gasteiger partial charge >= 0.3 is 0 Å². The van der Waals surface area contributed by atoms with E-state index in [9.17, 15) is 0 Å². The number of aromatic nitrogens is 3. The third-order valence-electron chi connectivity index (χ3n) is 6.54. The monoisotopic (exact) mass is 373 g/mol. The van der Waals surface area contributed by atoms with E-state index in [4.69, 9.17) is 0 Å². The molecule has 144 valence electrons. The molecule has 1 N–H and O–H groups in total. The Hall–Kier alpha value is -2.66. The van der Waals surface area contributed by atoms with Crippen molar-refractivity contribution in [2.75, 3.05) is 18.0 Å². The second-order valence-corrected chi connectivity index (χ2v) is 8.23. The fourth-order valence-corrected chi connectivity index (χ4v) is 5.09. The highest BCUT2D eigenvalue weighted by atomic mass is 15.2. The molecule has 3 heterocycles. The predicted octanol–water partition coefficient (Wildman–Crippen LogP) is 3.59. The molecule has 1 aliphatic carbocycles. The zero-order valence-corrected chi connectivity index (χ0v) is 16.4. The van der Waals surface area contributed by atoms with Gasteiger partial charge in [0.05, 0.1) is 18.1 Å². The minimum Gasteiger partial charge on any atom is -0.370 e. The Bertz CT molecular complexity index is 940. The van der Waals surface area contributed by atoms with Gasteiger partial charge in [0.25, 0.3) is 0 Å². The fraction of sp³-hybridized carbons (Fsp3) is 0.391. The molecule has 1 saturated heterocycles. The number of hydrogen-bond acceptors (Lipinski definition) is 4.